The molecule has 2 heterocycles. The maximum Gasteiger partial charge on any atom is 0.262 e. The van der Waals surface area contributed by atoms with Gasteiger partial charge in [-0.1, -0.05) is 18.7 Å². The first-order valence-corrected chi connectivity index (χ1v) is 11.7. The molecule has 12 heteroatoms. The van der Waals surface area contributed by atoms with E-state index in [0.29, 0.717) is 16.5 Å². The maximum atomic E-state index is 13.8. The highest BCUT2D eigenvalue weighted by Gasteiger charge is 2.19. The molecule has 1 atom stereocenters. The highest BCUT2D eigenvalue weighted by atomic mass is 32.2. The fraction of sp³-hybridized carbons (Fsp3) is 0.261. The SMILES string of the molecule is CCC(C)NC(=O)c1ccc2c(=O)n(C)c3nnc(SCC(=O)Nc4cc(F)ccc4F)n3c2c1. The number of aromatic nitrogens is 4. The number of thioether (sulfide) groups is 1. The number of fused-ring (bicyclic) bond motifs is 3. The number of rotatable bonds is 7. The van der Waals surface area contributed by atoms with Crippen LogP contribution in [0.4, 0.5) is 14.5 Å². The van der Waals surface area contributed by atoms with Crippen molar-refractivity contribution in [3.05, 3.63) is 63.9 Å². The van der Waals surface area contributed by atoms with E-state index >= 15 is 0 Å². The Morgan fingerprint density at radius 3 is 2.66 bits per heavy atom. The van der Waals surface area contributed by atoms with E-state index in [9.17, 15) is 23.2 Å². The largest absolute Gasteiger partial charge is 0.350 e. The lowest BCUT2D eigenvalue weighted by Crippen LogP contribution is -2.32. The molecule has 2 N–H and O–H groups in total. The van der Waals surface area contributed by atoms with Gasteiger partial charge in [0, 0.05) is 24.7 Å². The van der Waals surface area contributed by atoms with Gasteiger partial charge in [-0.15, -0.1) is 10.2 Å². The summed E-state index contributed by atoms with van der Waals surface area (Å²) < 4.78 is 30.1. The number of benzene rings is 2. The Morgan fingerprint density at radius 2 is 1.91 bits per heavy atom. The maximum absolute atomic E-state index is 13.8. The Morgan fingerprint density at radius 1 is 1.14 bits per heavy atom. The van der Waals surface area contributed by atoms with Crippen molar-refractivity contribution in [2.45, 2.75) is 31.5 Å². The summed E-state index contributed by atoms with van der Waals surface area (Å²) in [7, 11) is 1.54. The molecule has 4 aromatic rings. The zero-order valence-electron chi connectivity index (χ0n) is 19.1. The number of carbonyl (C=O) groups excluding carboxylic acids is 2. The van der Waals surface area contributed by atoms with E-state index in [4.69, 9.17) is 0 Å². The Balaban J connectivity index is 1.68. The van der Waals surface area contributed by atoms with Crippen molar-refractivity contribution < 1.29 is 18.4 Å². The van der Waals surface area contributed by atoms with Crippen LogP contribution in [0.5, 0.6) is 0 Å². The molecule has 1 unspecified atom stereocenters. The molecule has 2 amide bonds. The zero-order valence-corrected chi connectivity index (χ0v) is 19.9. The van der Waals surface area contributed by atoms with E-state index in [2.05, 4.69) is 20.8 Å². The quantitative estimate of drug-likeness (QED) is 0.378. The van der Waals surface area contributed by atoms with Crippen molar-refractivity contribution in [1.82, 2.24) is 24.5 Å². The van der Waals surface area contributed by atoms with Crippen molar-refractivity contribution in [3.63, 3.8) is 0 Å². The average molecular weight is 501 g/mol. The van der Waals surface area contributed by atoms with Crippen LogP contribution < -0.4 is 16.2 Å². The van der Waals surface area contributed by atoms with Crippen LogP contribution in [0.2, 0.25) is 0 Å². The van der Waals surface area contributed by atoms with E-state index < -0.39 is 17.5 Å². The Bertz CT molecular complexity index is 1520. The van der Waals surface area contributed by atoms with Gasteiger partial charge in [0.2, 0.25) is 11.7 Å². The Hall–Kier alpha value is -3.80. The third kappa shape index (κ3) is 4.87. The van der Waals surface area contributed by atoms with Crippen LogP contribution in [0.3, 0.4) is 0 Å². The van der Waals surface area contributed by atoms with Crippen molar-refractivity contribution >= 4 is 45.9 Å². The second-order valence-corrected chi connectivity index (χ2v) is 8.90. The molecular formula is C23H22F2N6O3S. The summed E-state index contributed by atoms with van der Waals surface area (Å²) in [6.07, 6.45) is 0.762. The molecule has 4 rings (SSSR count). The van der Waals surface area contributed by atoms with E-state index in [-0.39, 0.29) is 39.9 Å². The fourth-order valence-electron chi connectivity index (χ4n) is 3.41. The van der Waals surface area contributed by atoms with E-state index in [1.165, 1.54) is 4.57 Å². The Kier molecular flexibility index (Phi) is 6.83. The van der Waals surface area contributed by atoms with Gasteiger partial charge in [0.1, 0.15) is 11.6 Å². The van der Waals surface area contributed by atoms with Gasteiger partial charge < -0.3 is 10.6 Å². The lowest BCUT2D eigenvalue weighted by atomic mass is 10.1. The van der Waals surface area contributed by atoms with Gasteiger partial charge in [-0.25, -0.2) is 8.78 Å². The molecule has 0 saturated heterocycles. The van der Waals surface area contributed by atoms with Crippen molar-refractivity contribution in [2.75, 3.05) is 11.1 Å². The van der Waals surface area contributed by atoms with Crippen LogP contribution in [0.15, 0.2) is 46.3 Å². The van der Waals surface area contributed by atoms with Crippen LogP contribution in [0.1, 0.15) is 30.6 Å². The molecule has 2 aromatic heterocycles. The number of anilines is 1. The predicted molar refractivity (Wildman–Crippen MR) is 129 cm³/mol. The van der Waals surface area contributed by atoms with Gasteiger partial charge in [0.05, 0.1) is 22.3 Å². The summed E-state index contributed by atoms with van der Waals surface area (Å²) in [5.74, 6) is -2.27. The molecule has 0 fully saturated rings. The second-order valence-electron chi connectivity index (χ2n) is 7.96. The first kappa shape index (κ1) is 24.3. The lowest BCUT2D eigenvalue weighted by molar-refractivity contribution is -0.113. The number of aryl methyl sites for hydroxylation is 1. The lowest BCUT2D eigenvalue weighted by Gasteiger charge is -2.13. The number of hydrogen-bond acceptors (Lipinski definition) is 6. The number of halogens is 2. The van der Waals surface area contributed by atoms with Gasteiger partial charge in [-0.05, 0) is 43.7 Å². The van der Waals surface area contributed by atoms with Crippen LogP contribution in [-0.2, 0) is 11.8 Å². The molecule has 2 aromatic carbocycles. The predicted octanol–water partition coefficient (Wildman–Crippen LogP) is 3.12. The monoisotopic (exact) mass is 500 g/mol. The fourth-order valence-corrected chi connectivity index (χ4v) is 4.15. The molecule has 0 spiro atoms. The summed E-state index contributed by atoms with van der Waals surface area (Å²) in [4.78, 5) is 37.9. The molecule has 35 heavy (non-hydrogen) atoms. The summed E-state index contributed by atoms with van der Waals surface area (Å²) in [6.45, 7) is 3.85. The first-order valence-electron chi connectivity index (χ1n) is 10.8. The zero-order chi connectivity index (χ0) is 25.3. The van der Waals surface area contributed by atoms with Crippen molar-refractivity contribution in [3.8, 4) is 0 Å². The molecule has 182 valence electrons. The van der Waals surface area contributed by atoms with Crippen LogP contribution in [0, 0.1) is 11.6 Å². The number of nitrogens with zero attached hydrogens (tertiary/aromatic N) is 4. The van der Waals surface area contributed by atoms with Crippen LogP contribution in [-0.4, -0.2) is 42.8 Å². The average Bonchev–Trinajstić information content (AvgIpc) is 3.27. The number of amides is 2. The van der Waals surface area contributed by atoms with Crippen LogP contribution in [0.25, 0.3) is 16.7 Å². The highest BCUT2D eigenvalue weighted by Crippen LogP contribution is 2.23. The first-order chi connectivity index (χ1) is 16.7. The summed E-state index contributed by atoms with van der Waals surface area (Å²) in [6, 6.07) is 7.46. The molecule has 0 saturated carbocycles. The smallest absolute Gasteiger partial charge is 0.262 e. The van der Waals surface area contributed by atoms with E-state index in [0.717, 1.165) is 36.4 Å². The molecule has 0 bridgehead atoms. The minimum Gasteiger partial charge on any atom is -0.350 e. The minimum atomic E-state index is -0.762. The van der Waals surface area contributed by atoms with Gasteiger partial charge >= 0.3 is 0 Å². The molecule has 0 aliphatic carbocycles. The Labute approximate surface area is 202 Å². The topological polar surface area (TPSA) is 110 Å². The van der Waals surface area contributed by atoms with Crippen molar-refractivity contribution in [2.24, 2.45) is 7.05 Å². The van der Waals surface area contributed by atoms with Gasteiger partial charge in [0.25, 0.3) is 11.5 Å². The minimum absolute atomic E-state index is 0.0238. The number of nitrogens with one attached hydrogen (secondary N) is 2. The molecule has 0 aliphatic rings. The number of carbonyl (C=O) groups is 2. The van der Waals surface area contributed by atoms with Gasteiger partial charge in [-0.2, -0.15) is 0 Å². The highest BCUT2D eigenvalue weighted by molar-refractivity contribution is 7.99. The molecule has 9 nitrogen and oxygen atoms in total. The standard InChI is InChI=1S/C23H22F2N6O3S/c1-4-12(2)26-20(33)13-5-7-15-18(9-13)31-22(30(3)21(15)34)28-29-23(31)35-11-19(32)27-17-10-14(24)6-8-16(17)25/h5-10,12H,4,11H2,1-3H3,(H,26,33)(H,27,32). The third-order valence-corrected chi connectivity index (χ3v) is 6.41. The van der Waals surface area contributed by atoms with Gasteiger partial charge in [0.15, 0.2) is 5.16 Å². The second kappa shape index (κ2) is 9.82. The molecular weight excluding hydrogens is 478 g/mol. The third-order valence-electron chi connectivity index (χ3n) is 5.48. The van der Waals surface area contributed by atoms with Crippen LogP contribution >= 0.6 is 11.8 Å². The van der Waals surface area contributed by atoms with Gasteiger partial charge in [-0.3, -0.25) is 23.4 Å². The normalized spacial score (nSPS) is 12.1. The van der Waals surface area contributed by atoms with E-state index in [1.807, 2.05) is 13.8 Å². The summed E-state index contributed by atoms with van der Waals surface area (Å²) in [5.41, 5.74) is 0.177. The summed E-state index contributed by atoms with van der Waals surface area (Å²) >= 11 is 0.997. The molecule has 0 aliphatic heterocycles. The molecule has 0 radical (unpaired) electrons. The van der Waals surface area contributed by atoms with E-state index in [1.54, 1.807) is 29.6 Å². The number of hydrogen-bond donors (Lipinski definition) is 2. The summed E-state index contributed by atoms with van der Waals surface area (Å²) in [5, 5.41) is 14.0. The van der Waals surface area contributed by atoms with Crippen molar-refractivity contribution in [1.29, 1.82) is 0 Å².